The second-order valence-electron chi connectivity index (χ2n) is 6.31. The Bertz CT molecular complexity index is 1070. The first-order valence-corrected chi connectivity index (χ1v) is 8.44. The molecule has 0 aromatic heterocycles. The lowest BCUT2D eigenvalue weighted by Gasteiger charge is -2.11. The summed E-state index contributed by atoms with van der Waals surface area (Å²) in [6, 6.07) is 26.3. The van der Waals surface area contributed by atoms with Crippen LogP contribution in [0.4, 0.5) is 0 Å². The van der Waals surface area contributed by atoms with Gasteiger partial charge in [-0.25, -0.2) is 4.79 Å². The van der Waals surface area contributed by atoms with E-state index in [2.05, 4.69) is 42.5 Å². The van der Waals surface area contributed by atoms with Gasteiger partial charge in [0.25, 0.3) is 0 Å². The fraction of sp³-hybridized carbons (Fsp3) is 0.0870. The lowest BCUT2D eigenvalue weighted by Crippen LogP contribution is -1.97. The molecule has 0 unspecified atom stereocenters. The summed E-state index contributed by atoms with van der Waals surface area (Å²) < 4.78 is 0. The fourth-order valence-corrected chi connectivity index (χ4v) is 3.44. The molecule has 0 radical (unpaired) electrons. The van der Waals surface area contributed by atoms with Crippen LogP contribution in [-0.2, 0) is 12.8 Å². The van der Waals surface area contributed by atoms with Crippen LogP contribution in [-0.4, -0.2) is 11.1 Å². The van der Waals surface area contributed by atoms with E-state index in [4.69, 9.17) is 0 Å². The zero-order chi connectivity index (χ0) is 17.2. The number of carboxylic acids is 1. The summed E-state index contributed by atoms with van der Waals surface area (Å²) in [5.41, 5.74) is 2.96. The highest BCUT2D eigenvalue weighted by Crippen LogP contribution is 2.30. The van der Waals surface area contributed by atoms with Crippen LogP contribution in [0, 0.1) is 0 Å². The highest BCUT2D eigenvalue weighted by molar-refractivity contribution is 6.10. The smallest absolute Gasteiger partial charge is 0.335 e. The standard InChI is InChI=1S/C23H18O2/c24-23(25)19-13-12-18-14-17(11-10-16-6-2-1-3-7-16)20-8-4-5-9-21(20)22(18)15-19/h1-9,12-15H,10-11H2,(H,24,25). The minimum atomic E-state index is -0.890. The minimum Gasteiger partial charge on any atom is -0.478 e. The number of carboxylic acid groups (broad SMARTS) is 1. The third kappa shape index (κ3) is 2.99. The van der Waals surface area contributed by atoms with Gasteiger partial charge < -0.3 is 5.11 Å². The maximum absolute atomic E-state index is 11.3. The van der Waals surface area contributed by atoms with Gasteiger partial charge in [-0.15, -0.1) is 0 Å². The number of aromatic carboxylic acids is 1. The van der Waals surface area contributed by atoms with Gasteiger partial charge in [-0.05, 0) is 57.6 Å². The highest BCUT2D eigenvalue weighted by Gasteiger charge is 2.10. The summed E-state index contributed by atoms with van der Waals surface area (Å²) >= 11 is 0. The minimum absolute atomic E-state index is 0.328. The molecule has 4 aromatic carbocycles. The normalized spacial score (nSPS) is 11.0. The van der Waals surface area contributed by atoms with Crippen molar-refractivity contribution in [2.45, 2.75) is 12.8 Å². The molecule has 0 saturated carbocycles. The van der Waals surface area contributed by atoms with Crippen molar-refractivity contribution in [1.82, 2.24) is 0 Å². The summed E-state index contributed by atoms with van der Waals surface area (Å²) in [4.78, 5) is 11.3. The van der Waals surface area contributed by atoms with Crippen LogP contribution >= 0.6 is 0 Å². The Morgan fingerprint density at radius 2 is 1.44 bits per heavy atom. The Labute approximate surface area is 146 Å². The monoisotopic (exact) mass is 326 g/mol. The van der Waals surface area contributed by atoms with E-state index in [0.29, 0.717) is 5.56 Å². The SMILES string of the molecule is O=C(O)c1ccc2cc(CCc3ccccc3)c3ccccc3c2c1. The Morgan fingerprint density at radius 1 is 0.720 bits per heavy atom. The highest BCUT2D eigenvalue weighted by atomic mass is 16.4. The molecule has 0 atom stereocenters. The van der Waals surface area contributed by atoms with Crippen molar-refractivity contribution in [2.75, 3.05) is 0 Å². The lowest BCUT2D eigenvalue weighted by molar-refractivity contribution is 0.0697. The average molecular weight is 326 g/mol. The zero-order valence-corrected chi connectivity index (χ0v) is 13.8. The van der Waals surface area contributed by atoms with Gasteiger partial charge in [-0.3, -0.25) is 0 Å². The fourth-order valence-electron chi connectivity index (χ4n) is 3.44. The Hall–Kier alpha value is -3.13. The molecule has 0 bridgehead atoms. The molecule has 25 heavy (non-hydrogen) atoms. The van der Waals surface area contributed by atoms with E-state index in [1.165, 1.54) is 16.5 Å². The van der Waals surface area contributed by atoms with Crippen LogP contribution in [0.25, 0.3) is 21.5 Å². The first kappa shape index (κ1) is 15.4. The lowest BCUT2D eigenvalue weighted by atomic mass is 9.93. The molecule has 0 saturated heterocycles. The predicted molar refractivity (Wildman–Crippen MR) is 102 cm³/mol. The predicted octanol–water partition coefficient (Wildman–Crippen LogP) is 5.48. The van der Waals surface area contributed by atoms with Gasteiger partial charge in [0, 0.05) is 0 Å². The molecule has 2 heteroatoms. The van der Waals surface area contributed by atoms with Crippen LogP contribution in [0.2, 0.25) is 0 Å². The molecule has 0 aliphatic heterocycles. The van der Waals surface area contributed by atoms with Crippen LogP contribution < -0.4 is 0 Å². The first-order valence-electron chi connectivity index (χ1n) is 8.44. The molecule has 0 fully saturated rings. The quantitative estimate of drug-likeness (QED) is 0.504. The van der Waals surface area contributed by atoms with Gasteiger partial charge in [-0.2, -0.15) is 0 Å². The summed E-state index contributed by atoms with van der Waals surface area (Å²) in [5.74, 6) is -0.890. The maximum atomic E-state index is 11.3. The molecule has 1 N–H and O–H groups in total. The van der Waals surface area contributed by atoms with E-state index < -0.39 is 5.97 Å². The Balaban J connectivity index is 1.83. The molecule has 4 aromatic rings. The second-order valence-corrected chi connectivity index (χ2v) is 6.31. The van der Waals surface area contributed by atoms with Crippen molar-refractivity contribution in [3.63, 3.8) is 0 Å². The largest absolute Gasteiger partial charge is 0.478 e. The van der Waals surface area contributed by atoms with Crippen molar-refractivity contribution in [2.24, 2.45) is 0 Å². The molecule has 122 valence electrons. The number of carbonyl (C=O) groups is 1. The molecule has 2 nitrogen and oxygen atoms in total. The number of benzene rings is 4. The van der Waals surface area contributed by atoms with E-state index >= 15 is 0 Å². The topological polar surface area (TPSA) is 37.3 Å². The molecule has 0 spiro atoms. The van der Waals surface area contributed by atoms with E-state index in [0.717, 1.165) is 29.0 Å². The van der Waals surface area contributed by atoms with Gasteiger partial charge in [0.15, 0.2) is 0 Å². The number of hydrogen-bond acceptors (Lipinski definition) is 1. The number of rotatable bonds is 4. The van der Waals surface area contributed by atoms with E-state index in [-0.39, 0.29) is 0 Å². The number of hydrogen-bond donors (Lipinski definition) is 1. The van der Waals surface area contributed by atoms with Crippen LogP contribution in [0.1, 0.15) is 21.5 Å². The molecular weight excluding hydrogens is 308 g/mol. The number of fused-ring (bicyclic) bond motifs is 3. The summed E-state index contributed by atoms with van der Waals surface area (Å²) in [6.45, 7) is 0. The van der Waals surface area contributed by atoms with E-state index in [1.807, 2.05) is 24.3 Å². The van der Waals surface area contributed by atoms with Gasteiger partial charge in [-0.1, -0.05) is 66.7 Å². The molecule has 0 heterocycles. The molecule has 0 aliphatic rings. The summed E-state index contributed by atoms with van der Waals surface area (Å²) in [5, 5.41) is 13.7. The van der Waals surface area contributed by atoms with Gasteiger partial charge in [0.2, 0.25) is 0 Å². The van der Waals surface area contributed by atoms with Crippen molar-refractivity contribution >= 4 is 27.5 Å². The summed E-state index contributed by atoms with van der Waals surface area (Å²) in [6.07, 6.45) is 1.95. The van der Waals surface area contributed by atoms with Gasteiger partial charge in [0.1, 0.15) is 0 Å². The van der Waals surface area contributed by atoms with Crippen LogP contribution in [0.5, 0.6) is 0 Å². The number of aryl methyl sites for hydroxylation is 2. The average Bonchev–Trinajstić information content (AvgIpc) is 2.66. The second kappa shape index (κ2) is 6.40. The Morgan fingerprint density at radius 3 is 2.20 bits per heavy atom. The van der Waals surface area contributed by atoms with E-state index in [1.54, 1.807) is 12.1 Å². The van der Waals surface area contributed by atoms with Crippen molar-refractivity contribution in [1.29, 1.82) is 0 Å². The third-order valence-electron chi connectivity index (χ3n) is 4.72. The Kier molecular flexibility index (Phi) is 3.95. The first-order chi connectivity index (χ1) is 12.2. The zero-order valence-electron chi connectivity index (χ0n) is 13.8. The van der Waals surface area contributed by atoms with E-state index in [9.17, 15) is 9.90 Å². The molecule has 0 amide bonds. The molecular formula is C23H18O2. The third-order valence-corrected chi connectivity index (χ3v) is 4.72. The van der Waals surface area contributed by atoms with Crippen molar-refractivity contribution in [3.05, 3.63) is 95.6 Å². The molecule has 0 aliphatic carbocycles. The summed E-state index contributed by atoms with van der Waals surface area (Å²) in [7, 11) is 0. The maximum Gasteiger partial charge on any atom is 0.335 e. The van der Waals surface area contributed by atoms with Crippen LogP contribution in [0.15, 0.2) is 78.9 Å². The van der Waals surface area contributed by atoms with Gasteiger partial charge in [0.05, 0.1) is 5.56 Å². The van der Waals surface area contributed by atoms with Crippen molar-refractivity contribution < 1.29 is 9.90 Å². The van der Waals surface area contributed by atoms with Crippen LogP contribution in [0.3, 0.4) is 0 Å². The van der Waals surface area contributed by atoms with Crippen molar-refractivity contribution in [3.8, 4) is 0 Å². The molecule has 4 rings (SSSR count). The van der Waals surface area contributed by atoms with Gasteiger partial charge >= 0.3 is 5.97 Å².